The Hall–Kier alpha value is -2.63. The number of nitrogens with one attached hydrogen (secondary N) is 1. The van der Waals surface area contributed by atoms with Gasteiger partial charge < -0.3 is 10.5 Å². The van der Waals surface area contributed by atoms with E-state index in [1.165, 1.54) is 6.08 Å². The summed E-state index contributed by atoms with van der Waals surface area (Å²) in [6, 6.07) is 8.19. The summed E-state index contributed by atoms with van der Waals surface area (Å²) in [6.07, 6.45) is 1.72. The third-order valence-electron chi connectivity index (χ3n) is 2.56. The van der Waals surface area contributed by atoms with Crippen LogP contribution in [-0.2, 0) is 14.3 Å². The molecule has 0 aliphatic carbocycles. The molecule has 0 saturated carbocycles. The molecule has 1 rings (SSSR count). The summed E-state index contributed by atoms with van der Waals surface area (Å²) >= 11 is 0. The van der Waals surface area contributed by atoms with Crippen LogP contribution in [0.1, 0.15) is 19.4 Å². The van der Waals surface area contributed by atoms with Crippen molar-refractivity contribution in [2.24, 2.45) is 11.7 Å². The molecular formula is C15H18N2O4. The minimum Gasteiger partial charge on any atom is -0.449 e. The van der Waals surface area contributed by atoms with Crippen LogP contribution >= 0.6 is 0 Å². The smallest absolute Gasteiger partial charge is 0.331 e. The predicted octanol–water partition coefficient (Wildman–Crippen LogP) is 1.46. The molecule has 0 aromatic heterocycles. The van der Waals surface area contributed by atoms with Crippen LogP contribution in [0.3, 0.4) is 0 Å². The van der Waals surface area contributed by atoms with E-state index >= 15 is 0 Å². The van der Waals surface area contributed by atoms with Gasteiger partial charge in [-0.25, -0.2) is 9.59 Å². The second kappa shape index (κ2) is 7.84. The second-order valence-corrected chi connectivity index (χ2v) is 4.70. The average Bonchev–Trinajstić information content (AvgIpc) is 2.42. The van der Waals surface area contributed by atoms with Crippen LogP contribution in [0.15, 0.2) is 36.4 Å². The zero-order chi connectivity index (χ0) is 15.8. The van der Waals surface area contributed by atoms with Crippen LogP contribution < -0.4 is 11.1 Å². The molecule has 0 fully saturated rings. The maximum Gasteiger partial charge on any atom is 0.331 e. The number of esters is 1. The maximum atomic E-state index is 11.7. The SMILES string of the molecule is CC(C)[C@@H](OC(=O)/C=C/c1ccccc1)C(=O)NC(N)=O. The molecule has 112 valence electrons. The van der Waals surface area contributed by atoms with Gasteiger partial charge in [-0.2, -0.15) is 0 Å². The van der Waals surface area contributed by atoms with E-state index < -0.39 is 24.0 Å². The first-order valence-corrected chi connectivity index (χ1v) is 6.44. The van der Waals surface area contributed by atoms with Crippen LogP contribution in [0.4, 0.5) is 4.79 Å². The summed E-state index contributed by atoms with van der Waals surface area (Å²) in [5.74, 6) is -1.70. The summed E-state index contributed by atoms with van der Waals surface area (Å²) in [6.45, 7) is 3.39. The lowest BCUT2D eigenvalue weighted by atomic mass is 10.1. The van der Waals surface area contributed by atoms with Gasteiger partial charge in [0.15, 0.2) is 6.10 Å². The summed E-state index contributed by atoms with van der Waals surface area (Å²) in [4.78, 5) is 34.1. The number of imide groups is 1. The Morgan fingerprint density at radius 1 is 1.19 bits per heavy atom. The van der Waals surface area contributed by atoms with E-state index in [1.54, 1.807) is 19.9 Å². The molecule has 21 heavy (non-hydrogen) atoms. The molecule has 1 aromatic carbocycles. The van der Waals surface area contributed by atoms with Gasteiger partial charge in [-0.3, -0.25) is 10.1 Å². The van der Waals surface area contributed by atoms with Crippen molar-refractivity contribution in [2.75, 3.05) is 0 Å². The zero-order valence-electron chi connectivity index (χ0n) is 11.9. The van der Waals surface area contributed by atoms with Gasteiger partial charge in [-0.15, -0.1) is 0 Å². The van der Waals surface area contributed by atoms with Crippen LogP contribution in [0.5, 0.6) is 0 Å². The molecule has 1 atom stereocenters. The fraction of sp³-hybridized carbons (Fsp3) is 0.267. The second-order valence-electron chi connectivity index (χ2n) is 4.70. The molecule has 0 saturated heterocycles. The molecule has 6 heteroatoms. The number of carbonyl (C=O) groups excluding carboxylic acids is 3. The van der Waals surface area contributed by atoms with Gasteiger partial charge in [0.2, 0.25) is 0 Å². The molecule has 6 nitrogen and oxygen atoms in total. The van der Waals surface area contributed by atoms with Gasteiger partial charge in [0.25, 0.3) is 5.91 Å². The molecule has 0 unspecified atom stereocenters. The van der Waals surface area contributed by atoms with Gasteiger partial charge in [0.1, 0.15) is 0 Å². The van der Waals surface area contributed by atoms with Gasteiger partial charge in [-0.05, 0) is 17.6 Å². The number of carbonyl (C=O) groups is 3. The van der Waals surface area contributed by atoms with Crippen molar-refractivity contribution in [3.63, 3.8) is 0 Å². The predicted molar refractivity (Wildman–Crippen MR) is 77.9 cm³/mol. The van der Waals surface area contributed by atoms with E-state index in [1.807, 2.05) is 35.6 Å². The summed E-state index contributed by atoms with van der Waals surface area (Å²) in [5, 5.41) is 1.90. The van der Waals surface area contributed by atoms with Gasteiger partial charge in [-0.1, -0.05) is 44.2 Å². The highest BCUT2D eigenvalue weighted by atomic mass is 16.5. The quantitative estimate of drug-likeness (QED) is 0.633. The van der Waals surface area contributed by atoms with Crippen LogP contribution in [-0.4, -0.2) is 24.0 Å². The summed E-state index contributed by atoms with van der Waals surface area (Å²) in [5.41, 5.74) is 5.70. The van der Waals surface area contributed by atoms with Crippen molar-refractivity contribution in [1.82, 2.24) is 5.32 Å². The van der Waals surface area contributed by atoms with Crippen LogP contribution in [0.2, 0.25) is 0 Å². The number of benzene rings is 1. The number of hydrogen-bond donors (Lipinski definition) is 2. The van der Waals surface area contributed by atoms with Gasteiger partial charge in [0, 0.05) is 6.08 Å². The molecule has 1 aromatic rings. The third-order valence-corrected chi connectivity index (χ3v) is 2.56. The van der Waals surface area contributed by atoms with Crippen LogP contribution in [0.25, 0.3) is 6.08 Å². The fourth-order valence-corrected chi connectivity index (χ4v) is 1.58. The van der Waals surface area contributed by atoms with Crippen molar-refractivity contribution in [3.8, 4) is 0 Å². The number of hydrogen-bond acceptors (Lipinski definition) is 4. The third kappa shape index (κ3) is 5.90. The average molecular weight is 290 g/mol. The topological polar surface area (TPSA) is 98.5 Å². The Morgan fingerprint density at radius 3 is 2.33 bits per heavy atom. The maximum absolute atomic E-state index is 11.7. The Bertz CT molecular complexity index is 538. The highest BCUT2D eigenvalue weighted by molar-refractivity contribution is 5.97. The van der Waals surface area contributed by atoms with Crippen LogP contribution in [0, 0.1) is 5.92 Å². The van der Waals surface area contributed by atoms with Crippen molar-refractivity contribution in [2.45, 2.75) is 20.0 Å². The normalized spacial score (nSPS) is 12.1. The van der Waals surface area contributed by atoms with Crippen molar-refractivity contribution >= 4 is 24.0 Å². The lowest BCUT2D eigenvalue weighted by molar-refractivity contribution is -0.153. The monoisotopic (exact) mass is 290 g/mol. The van der Waals surface area contributed by atoms with E-state index in [0.29, 0.717) is 0 Å². The highest BCUT2D eigenvalue weighted by Gasteiger charge is 2.26. The number of rotatable bonds is 5. The molecule has 0 heterocycles. The largest absolute Gasteiger partial charge is 0.449 e. The van der Waals surface area contributed by atoms with E-state index in [0.717, 1.165) is 5.56 Å². The molecular weight excluding hydrogens is 272 g/mol. The van der Waals surface area contributed by atoms with E-state index in [2.05, 4.69) is 0 Å². The molecule has 0 spiro atoms. The zero-order valence-corrected chi connectivity index (χ0v) is 11.9. The Morgan fingerprint density at radius 2 is 1.81 bits per heavy atom. The summed E-state index contributed by atoms with van der Waals surface area (Å²) in [7, 11) is 0. The fourth-order valence-electron chi connectivity index (χ4n) is 1.58. The Labute approximate surface area is 123 Å². The Kier molecular flexibility index (Phi) is 6.13. The number of urea groups is 1. The van der Waals surface area contributed by atoms with E-state index in [9.17, 15) is 14.4 Å². The minimum absolute atomic E-state index is 0.293. The molecule has 3 N–H and O–H groups in total. The molecule has 0 aliphatic rings. The molecule has 3 amide bonds. The lowest BCUT2D eigenvalue weighted by Crippen LogP contribution is -2.45. The van der Waals surface area contributed by atoms with Gasteiger partial charge >= 0.3 is 12.0 Å². The van der Waals surface area contributed by atoms with Crippen molar-refractivity contribution in [3.05, 3.63) is 42.0 Å². The number of ether oxygens (including phenoxy) is 1. The first-order chi connectivity index (χ1) is 9.90. The molecule has 0 aliphatic heterocycles. The number of amides is 3. The lowest BCUT2D eigenvalue weighted by Gasteiger charge is -2.18. The van der Waals surface area contributed by atoms with Crippen molar-refractivity contribution < 1.29 is 19.1 Å². The summed E-state index contributed by atoms with van der Waals surface area (Å²) < 4.78 is 5.05. The first kappa shape index (κ1) is 16.4. The van der Waals surface area contributed by atoms with Crippen molar-refractivity contribution in [1.29, 1.82) is 0 Å². The first-order valence-electron chi connectivity index (χ1n) is 6.44. The molecule has 0 radical (unpaired) electrons. The van der Waals surface area contributed by atoms with E-state index in [4.69, 9.17) is 10.5 Å². The number of primary amides is 1. The highest BCUT2D eigenvalue weighted by Crippen LogP contribution is 2.08. The standard InChI is InChI=1S/C15H18N2O4/c1-10(2)13(14(19)17-15(16)20)21-12(18)9-8-11-6-4-3-5-7-11/h3-10,13H,1-2H3,(H3,16,17,19,20)/b9-8+/t13-/m1/s1. The number of nitrogens with two attached hydrogens (primary N) is 1. The van der Waals surface area contributed by atoms with Gasteiger partial charge in [0.05, 0.1) is 0 Å². The Balaban J connectivity index is 2.67. The minimum atomic E-state index is -1.08. The van der Waals surface area contributed by atoms with E-state index in [-0.39, 0.29) is 5.92 Å². The molecule has 0 bridgehead atoms.